The molecule has 2 heterocycles. The largest absolute Gasteiger partial charge is 0.573 e. The maximum Gasteiger partial charge on any atom is 0.573 e. The van der Waals surface area contributed by atoms with Crippen molar-refractivity contribution in [3.8, 4) is 5.75 Å². The summed E-state index contributed by atoms with van der Waals surface area (Å²) in [5.41, 5.74) is 0.0560. The normalized spacial score (nSPS) is 17.2. The number of nitrogens with zero attached hydrogens (tertiary/aromatic N) is 4. The van der Waals surface area contributed by atoms with Gasteiger partial charge in [0.15, 0.2) is 0 Å². The monoisotopic (exact) mass is 442 g/mol. The molecule has 0 amide bonds. The van der Waals surface area contributed by atoms with E-state index in [9.17, 15) is 18.0 Å². The van der Waals surface area contributed by atoms with Gasteiger partial charge in [-0.15, -0.1) is 13.2 Å². The van der Waals surface area contributed by atoms with Crippen molar-refractivity contribution in [2.24, 2.45) is 0 Å². The second-order valence-corrected chi connectivity index (χ2v) is 7.74. The summed E-state index contributed by atoms with van der Waals surface area (Å²) in [6, 6.07) is 3.76. The van der Waals surface area contributed by atoms with E-state index in [0.29, 0.717) is 17.9 Å². The van der Waals surface area contributed by atoms with E-state index in [1.54, 1.807) is 4.57 Å². The first-order valence-corrected chi connectivity index (χ1v) is 10.5. The van der Waals surface area contributed by atoms with Crippen LogP contribution in [0.1, 0.15) is 52.4 Å². The van der Waals surface area contributed by atoms with Gasteiger partial charge < -0.3 is 9.64 Å². The van der Waals surface area contributed by atoms with Gasteiger partial charge in [0.1, 0.15) is 11.6 Å². The van der Waals surface area contributed by atoms with Gasteiger partial charge in [-0.25, -0.2) is 4.98 Å². The van der Waals surface area contributed by atoms with Crippen LogP contribution in [0.25, 0.3) is 10.9 Å². The minimum atomic E-state index is -4.81. The quantitative estimate of drug-likeness (QED) is 0.663. The molecule has 0 saturated carbocycles. The smallest absolute Gasteiger partial charge is 0.406 e. The summed E-state index contributed by atoms with van der Waals surface area (Å²) in [7, 11) is 2.11. The molecule has 0 radical (unpaired) electrons. The highest BCUT2D eigenvalue weighted by molar-refractivity contribution is 5.79. The lowest BCUT2D eigenvalue weighted by Crippen LogP contribution is -2.37. The third-order valence-corrected chi connectivity index (χ3v) is 5.56. The van der Waals surface area contributed by atoms with Crippen molar-refractivity contribution in [1.82, 2.24) is 19.4 Å². The second kappa shape index (κ2) is 10.5. The molecule has 0 bridgehead atoms. The molecule has 0 N–H and O–H groups in total. The summed E-state index contributed by atoms with van der Waals surface area (Å²) in [6.45, 7) is 8.14. The van der Waals surface area contributed by atoms with Crippen molar-refractivity contribution in [1.29, 1.82) is 0 Å². The van der Waals surface area contributed by atoms with E-state index in [4.69, 9.17) is 4.98 Å². The van der Waals surface area contributed by atoms with E-state index in [1.165, 1.54) is 12.1 Å². The number of likely N-dealkylation sites (N-methyl/N-ethyl adjacent to an activating group) is 1. The van der Waals surface area contributed by atoms with Crippen LogP contribution in [0, 0.1) is 0 Å². The van der Waals surface area contributed by atoms with Crippen molar-refractivity contribution < 1.29 is 17.9 Å². The zero-order valence-corrected chi connectivity index (χ0v) is 17.7. The molecular formula is C22H33F3N4O2. The van der Waals surface area contributed by atoms with Crippen LogP contribution in [0.15, 0.2) is 23.0 Å². The maximum absolute atomic E-state index is 13.2. The Kier molecular flexibility index (Phi) is 8.48. The topological polar surface area (TPSA) is 50.6 Å². The summed E-state index contributed by atoms with van der Waals surface area (Å²) < 4.78 is 43.3. The Balaban J connectivity index is 0.00000341. The van der Waals surface area contributed by atoms with Gasteiger partial charge in [0.25, 0.3) is 5.56 Å². The third-order valence-electron chi connectivity index (χ3n) is 5.56. The molecule has 31 heavy (non-hydrogen) atoms. The number of rotatable bonds is 6. The van der Waals surface area contributed by atoms with Gasteiger partial charge >= 0.3 is 6.36 Å². The number of hydrogen-bond donors (Lipinski definition) is 0. The first kappa shape index (κ1) is 25.1. The average molecular weight is 443 g/mol. The van der Waals surface area contributed by atoms with Crippen molar-refractivity contribution in [3.05, 3.63) is 34.4 Å². The maximum atomic E-state index is 13.2. The van der Waals surface area contributed by atoms with Gasteiger partial charge in [-0.1, -0.05) is 20.8 Å². The van der Waals surface area contributed by atoms with Gasteiger partial charge in [-0.3, -0.25) is 14.3 Å². The molecule has 1 aromatic carbocycles. The molecule has 0 unspecified atom stereocenters. The summed E-state index contributed by atoms with van der Waals surface area (Å²) in [5, 5.41) is 0.133. The third kappa shape index (κ3) is 5.98. The predicted octanol–water partition coefficient (Wildman–Crippen LogP) is 4.43. The average Bonchev–Trinajstić information content (AvgIpc) is 2.90. The summed E-state index contributed by atoms with van der Waals surface area (Å²) in [6.07, 6.45) is -1.97. The molecule has 1 aliphatic heterocycles. The molecule has 1 atom stereocenters. The lowest BCUT2D eigenvalue weighted by molar-refractivity contribution is -0.274. The highest BCUT2D eigenvalue weighted by Gasteiger charge is 2.31. The minimum Gasteiger partial charge on any atom is -0.406 e. The van der Waals surface area contributed by atoms with Crippen LogP contribution in [-0.2, 0) is 6.54 Å². The molecule has 1 fully saturated rings. The fraction of sp³-hybridized carbons (Fsp3) is 0.636. The Labute approximate surface area is 181 Å². The minimum absolute atomic E-state index is 0. The van der Waals surface area contributed by atoms with Crippen LogP contribution < -0.4 is 10.3 Å². The van der Waals surface area contributed by atoms with Gasteiger partial charge in [-0.2, -0.15) is 0 Å². The fourth-order valence-corrected chi connectivity index (χ4v) is 4.10. The number of alkyl halides is 3. The first-order chi connectivity index (χ1) is 14.2. The van der Waals surface area contributed by atoms with Crippen LogP contribution in [-0.4, -0.2) is 58.9 Å². The SMILES string of the molecule is C.CCC[C@H](c1nc2ccc(OC(F)(F)F)cc2c(=O)n1CC)N1CCCN(C)CC1. The molecular weight excluding hydrogens is 409 g/mol. The molecule has 1 aliphatic rings. The number of benzene rings is 1. The zero-order chi connectivity index (χ0) is 21.9. The van der Waals surface area contributed by atoms with Crippen LogP contribution >= 0.6 is 0 Å². The molecule has 1 aromatic heterocycles. The zero-order valence-electron chi connectivity index (χ0n) is 17.7. The van der Waals surface area contributed by atoms with E-state index >= 15 is 0 Å². The Hall–Kier alpha value is -2.13. The highest BCUT2D eigenvalue weighted by Crippen LogP contribution is 2.28. The van der Waals surface area contributed by atoms with E-state index in [0.717, 1.165) is 51.5 Å². The predicted molar refractivity (Wildman–Crippen MR) is 116 cm³/mol. The molecule has 2 aromatic rings. The highest BCUT2D eigenvalue weighted by atomic mass is 19.4. The fourth-order valence-electron chi connectivity index (χ4n) is 4.10. The molecule has 0 aliphatic carbocycles. The van der Waals surface area contributed by atoms with Crippen LogP contribution in [0.5, 0.6) is 5.75 Å². The van der Waals surface area contributed by atoms with Gasteiger partial charge in [0.2, 0.25) is 0 Å². The van der Waals surface area contributed by atoms with Crippen LogP contribution in [0.4, 0.5) is 13.2 Å². The van der Waals surface area contributed by atoms with Crippen molar-refractivity contribution in [2.45, 2.75) is 59.5 Å². The van der Waals surface area contributed by atoms with E-state index < -0.39 is 12.1 Å². The van der Waals surface area contributed by atoms with Crippen LogP contribution in [0.2, 0.25) is 0 Å². The number of ether oxygens (including phenoxy) is 1. The van der Waals surface area contributed by atoms with Crippen molar-refractivity contribution in [3.63, 3.8) is 0 Å². The summed E-state index contributed by atoms with van der Waals surface area (Å²) >= 11 is 0. The number of fused-ring (bicyclic) bond motifs is 1. The van der Waals surface area contributed by atoms with Gasteiger partial charge in [-0.05, 0) is 51.6 Å². The molecule has 9 heteroatoms. The lowest BCUT2D eigenvalue weighted by atomic mass is 10.1. The number of halogens is 3. The molecule has 174 valence electrons. The number of hydrogen-bond acceptors (Lipinski definition) is 5. The van der Waals surface area contributed by atoms with Crippen molar-refractivity contribution >= 4 is 10.9 Å². The Bertz CT molecular complexity index is 929. The summed E-state index contributed by atoms with van der Waals surface area (Å²) in [4.78, 5) is 22.6. The Morgan fingerprint density at radius 2 is 1.90 bits per heavy atom. The first-order valence-electron chi connectivity index (χ1n) is 10.5. The second-order valence-electron chi connectivity index (χ2n) is 7.74. The summed E-state index contributed by atoms with van der Waals surface area (Å²) in [5.74, 6) is 0.274. The van der Waals surface area contributed by atoms with E-state index in [2.05, 4.69) is 28.5 Å². The number of aromatic nitrogens is 2. The molecule has 0 spiro atoms. The molecule has 6 nitrogen and oxygen atoms in total. The van der Waals surface area contributed by atoms with E-state index in [-0.39, 0.29) is 24.4 Å². The Morgan fingerprint density at radius 3 is 2.55 bits per heavy atom. The van der Waals surface area contributed by atoms with Crippen LogP contribution in [0.3, 0.4) is 0 Å². The molecule has 1 saturated heterocycles. The Morgan fingerprint density at radius 1 is 1.16 bits per heavy atom. The molecule has 3 rings (SSSR count). The standard InChI is InChI=1S/C21H29F3N4O2.CH4/c1-4-7-18(27-11-6-10-26(3)12-13-27)19-25-17-9-8-15(30-21(22,23)24)14-16(17)20(29)28(19)5-2;/h8-9,14,18H,4-7,10-13H2,1-3H3;1H4/t18-;/m1./s1. The lowest BCUT2D eigenvalue weighted by Gasteiger charge is -2.31. The van der Waals surface area contributed by atoms with Gasteiger partial charge in [0, 0.05) is 26.2 Å². The van der Waals surface area contributed by atoms with E-state index in [1.807, 2.05) is 6.92 Å². The van der Waals surface area contributed by atoms with Gasteiger partial charge in [0.05, 0.1) is 16.9 Å². The van der Waals surface area contributed by atoms with Crippen molar-refractivity contribution in [2.75, 3.05) is 33.2 Å².